The van der Waals surface area contributed by atoms with Gasteiger partial charge in [0.1, 0.15) is 10.8 Å². The standard InChI is InChI=1S/C14H17NO2S/c1-9-5-10(2)14(17-4)11(6-9)12-8-18-13(15-12)7-16-3/h5-6,8H,7H2,1-4H3. The third-order valence-electron chi connectivity index (χ3n) is 2.72. The Labute approximate surface area is 111 Å². The minimum Gasteiger partial charge on any atom is -0.496 e. The van der Waals surface area contributed by atoms with Crippen LogP contribution in [0.2, 0.25) is 0 Å². The van der Waals surface area contributed by atoms with Gasteiger partial charge in [-0.05, 0) is 31.0 Å². The van der Waals surface area contributed by atoms with Crippen molar-refractivity contribution in [2.75, 3.05) is 14.2 Å². The van der Waals surface area contributed by atoms with Crippen molar-refractivity contribution in [1.82, 2.24) is 4.98 Å². The summed E-state index contributed by atoms with van der Waals surface area (Å²) < 4.78 is 10.6. The average Bonchev–Trinajstić information content (AvgIpc) is 2.77. The van der Waals surface area contributed by atoms with Gasteiger partial charge in [-0.1, -0.05) is 6.07 Å². The van der Waals surface area contributed by atoms with Crippen LogP contribution in [0.4, 0.5) is 0 Å². The molecule has 0 spiro atoms. The molecule has 0 radical (unpaired) electrons. The van der Waals surface area contributed by atoms with E-state index in [0.717, 1.165) is 27.6 Å². The van der Waals surface area contributed by atoms with Gasteiger partial charge in [0, 0.05) is 18.1 Å². The molecule has 0 aliphatic heterocycles. The van der Waals surface area contributed by atoms with Gasteiger partial charge in [0.05, 0.1) is 19.4 Å². The van der Waals surface area contributed by atoms with Gasteiger partial charge in [0.25, 0.3) is 0 Å². The third-order valence-corrected chi connectivity index (χ3v) is 3.54. The summed E-state index contributed by atoms with van der Waals surface area (Å²) >= 11 is 1.61. The first-order valence-electron chi connectivity index (χ1n) is 5.74. The van der Waals surface area contributed by atoms with Crippen molar-refractivity contribution in [3.8, 4) is 17.0 Å². The maximum absolute atomic E-state index is 5.49. The Morgan fingerprint density at radius 2 is 2.00 bits per heavy atom. The molecule has 0 N–H and O–H groups in total. The molecule has 2 aromatic rings. The maximum atomic E-state index is 5.49. The van der Waals surface area contributed by atoms with Gasteiger partial charge in [-0.2, -0.15) is 0 Å². The number of aryl methyl sites for hydroxylation is 2. The monoisotopic (exact) mass is 263 g/mol. The molecule has 0 unspecified atom stereocenters. The second-order valence-corrected chi connectivity index (χ2v) is 5.16. The lowest BCUT2D eigenvalue weighted by atomic mass is 10.0. The predicted octanol–water partition coefficient (Wildman–Crippen LogP) is 3.58. The highest BCUT2D eigenvalue weighted by Gasteiger charge is 2.12. The van der Waals surface area contributed by atoms with Crippen molar-refractivity contribution in [1.29, 1.82) is 0 Å². The van der Waals surface area contributed by atoms with E-state index in [1.165, 1.54) is 5.56 Å². The van der Waals surface area contributed by atoms with E-state index in [9.17, 15) is 0 Å². The summed E-state index contributed by atoms with van der Waals surface area (Å²) in [6, 6.07) is 4.22. The van der Waals surface area contributed by atoms with E-state index in [0.29, 0.717) is 6.61 Å². The summed E-state index contributed by atoms with van der Waals surface area (Å²) in [5.74, 6) is 0.898. The summed E-state index contributed by atoms with van der Waals surface area (Å²) in [6.45, 7) is 4.69. The van der Waals surface area contributed by atoms with Crippen LogP contribution in [0.15, 0.2) is 17.5 Å². The Morgan fingerprint density at radius 3 is 2.67 bits per heavy atom. The van der Waals surface area contributed by atoms with Crippen molar-refractivity contribution >= 4 is 11.3 Å². The summed E-state index contributed by atoms with van der Waals surface area (Å²) in [4.78, 5) is 4.57. The highest BCUT2D eigenvalue weighted by molar-refractivity contribution is 7.09. The van der Waals surface area contributed by atoms with Crippen molar-refractivity contribution in [3.63, 3.8) is 0 Å². The molecule has 1 aromatic carbocycles. The number of nitrogens with zero attached hydrogens (tertiary/aromatic N) is 1. The van der Waals surface area contributed by atoms with Crippen LogP contribution in [0.1, 0.15) is 16.1 Å². The first-order chi connectivity index (χ1) is 8.65. The van der Waals surface area contributed by atoms with E-state index in [1.54, 1.807) is 25.6 Å². The molecule has 0 aliphatic carbocycles. The Bertz CT molecular complexity index is 549. The number of benzene rings is 1. The van der Waals surface area contributed by atoms with Crippen LogP contribution in [0, 0.1) is 13.8 Å². The normalized spacial score (nSPS) is 10.7. The molecule has 96 valence electrons. The van der Waals surface area contributed by atoms with Crippen molar-refractivity contribution < 1.29 is 9.47 Å². The fraction of sp³-hybridized carbons (Fsp3) is 0.357. The molecule has 0 bridgehead atoms. The molecular weight excluding hydrogens is 246 g/mol. The fourth-order valence-corrected chi connectivity index (χ4v) is 2.80. The number of ether oxygens (including phenoxy) is 2. The van der Waals surface area contributed by atoms with Gasteiger partial charge in [-0.3, -0.25) is 0 Å². The topological polar surface area (TPSA) is 31.4 Å². The number of hydrogen-bond donors (Lipinski definition) is 0. The van der Waals surface area contributed by atoms with E-state index in [2.05, 4.69) is 31.0 Å². The fourth-order valence-electron chi connectivity index (χ4n) is 2.04. The Hall–Kier alpha value is -1.39. The summed E-state index contributed by atoms with van der Waals surface area (Å²) in [7, 11) is 3.38. The zero-order valence-corrected chi connectivity index (χ0v) is 11.9. The first kappa shape index (κ1) is 13.1. The second-order valence-electron chi connectivity index (χ2n) is 4.22. The van der Waals surface area contributed by atoms with E-state index >= 15 is 0 Å². The first-order valence-corrected chi connectivity index (χ1v) is 6.62. The lowest BCUT2D eigenvalue weighted by Crippen LogP contribution is -1.93. The number of aromatic nitrogens is 1. The summed E-state index contributed by atoms with van der Waals surface area (Å²) in [5.41, 5.74) is 4.35. The van der Waals surface area contributed by atoms with E-state index in [1.807, 2.05) is 5.38 Å². The molecule has 2 rings (SSSR count). The van der Waals surface area contributed by atoms with E-state index in [4.69, 9.17) is 9.47 Å². The van der Waals surface area contributed by atoms with Gasteiger partial charge in [0.15, 0.2) is 0 Å². The molecule has 1 heterocycles. The molecule has 1 aromatic heterocycles. The highest BCUT2D eigenvalue weighted by atomic mass is 32.1. The third kappa shape index (κ3) is 2.54. The van der Waals surface area contributed by atoms with Crippen molar-refractivity contribution in [2.24, 2.45) is 0 Å². The zero-order chi connectivity index (χ0) is 13.1. The van der Waals surface area contributed by atoms with Crippen LogP contribution in [0.3, 0.4) is 0 Å². The molecule has 4 heteroatoms. The molecule has 3 nitrogen and oxygen atoms in total. The predicted molar refractivity (Wildman–Crippen MR) is 74.3 cm³/mol. The second kappa shape index (κ2) is 5.50. The van der Waals surface area contributed by atoms with Crippen LogP contribution in [0.5, 0.6) is 5.75 Å². The Morgan fingerprint density at radius 1 is 1.22 bits per heavy atom. The van der Waals surface area contributed by atoms with Gasteiger partial charge < -0.3 is 9.47 Å². The lowest BCUT2D eigenvalue weighted by Gasteiger charge is -2.11. The van der Waals surface area contributed by atoms with Gasteiger partial charge in [0.2, 0.25) is 0 Å². The van der Waals surface area contributed by atoms with Crippen molar-refractivity contribution in [3.05, 3.63) is 33.6 Å². The number of methoxy groups -OCH3 is 2. The van der Waals surface area contributed by atoms with Crippen LogP contribution < -0.4 is 4.74 Å². The van der Waals surface area contributed by atoms with Crippen LogP contribution in [-0.4, -0.2) is 19.2 Å². The van der Waals surface area contributed by atoms with Crippen molar-refractivity contribution in [2.45, 2.75) is 20.5 Å². The molecule has 0 saturated heterocycles. The summed E-state index contributed by atoms with van der Waals surface area (Å²) in [6.07, 6.45) is 0. The maximum Gasteiger partial charge on any atom is 0.131 e. The van der Waals surface area contributed by atoms with Gasteiger partial charge in [-0.25, -0.2) is 4.98 Å². The van der Waals surface area contributed by atoms with E-state index < -0.39 is 0 Å². The molecule has 0 fully saturated rings. The zero-order valence-electron chi connectivity index (χ0n) is 11.1. The van der Waals surface area contributed by atoms with Gasteiger partial charge in [-0.15, -0.1) is 11.3 Å². The Kier molecular flexibility index (Phi) is 3.99. The largest absolute Gasteiger partial charge is 0.496 e. The molecule has 0 amide bonds. The average molecular weight is 263 g/mol. The minimum atomic E-state index is 0.553. The highest BCUT2D eigenvalue weighted by Crippen LogP contribution is 2.34. The van der Waals surface area contributed by atoms with Crippen LogP contribution in [0.25, 0.3) is 11.3 Å². The quantitative estimate of drug-likeness (QED) is 0.845. The van der Waals surface area contributed by atoms with Gasteiger partial charge >= 0.3 is 0 Å². The number of rotatable bonds is 4. The number of thiazole rings is 1. The summed E-state index contributed by atoms with van der Waals surface area (Å²) in [5, 5.41) is 3.03. The number of hydrogen-bond acceptors (Lipinski definition) is 4. The molecule has 18 heavy (non-hydrogen) atoms. The SMILES string of the molecule is COCc1nc(-c2cc(C)cc(C)c2OC)cs1. The van der Waals surface area contributed by atoms with Crippen LogP contribution >= 0.6 is 11.3 Å². The lowest BCUT2D eigenvalue weighted by molar-refractivity contribution is 0.184. The van der Waals surface area contributed by atoms with E-state index in [-0.39, 0.29) is 0 Å². The minimum absolute atomic E-state index is 0.553. The molecular formula is C14H17NO2S. The smallest absolute Gasteiger partial charge is 0.131 e. The molecule has 0 saturated carbocycles. The van der Waals surface area contributed by atoms with Crippen LogP contribution in [-0.2, 0) is 11.3 Å². The molecule has 0 atom stereocenters. The molecule has 0 aliphatic rings. The Balaban J connectivity index is 2.48.